The van der Waals surface area contributed by atoms with E-state index in [1.807, 2.05) is 0 Å². The Morgan fingerprint density at radius 3 is 1.45 bits per heavy atom. The van der Waals surface area contributed by atoms with Crippen LogP contribution in [0.25, 0.3) is 0 Å². The molecule has 0 aliphatic rings. The van der Waals surface area contributed by atoms with Gasteiger partial charge in [-0.1, -0.05) is 13.3 Å². The second-order valence-electron chi connectivity index (χ2n) is 6.00. The minimum absolute atomic E-state index is 0.482. The molecule has 5 heteroatoms. The van der Waals surface area contributed by atoms with Gasteiger partial charge in [0.05, 0.1) is 0 Å². The fourth-order valence-electron chi connectivity index (χ4n) is 2.04. The molecule has 0 aliphatic heterocycles. The molecule has 0 aromatic heterocycles. The van der Waals surface area contributed by atoms with E-state index in [9.17, 15) is 9.59 Å². The number of hydrogen-bond donors (Lipinski definition) is 2. The molecule has 0 bridgehead atoms. The standard InChI is InChI=1S/C14H27O.C3H6O3.Na/c1-2-3-4-5-6-7-8-9-10-11-12-13-14-15;1-2(4)3(5)6;/h2-13H2,1H3;2,4H,1H3,(H,5,6);. The first kappa shape index (κ1) is 24.4. The van der Waals surface area contributed by atoms with Crippen LogP contribution < -0.4 is 0 Å². The Kier molecular flexibility index (Phi) is 21.2. The quantitative estimate of drug-likeness (QED) is 0.399. The number of carboxylic acid groups (broad SMARTS) is 1. The van der Waals surface area contributed by atoms with Gasteiger partial charge in [-0.15, -0.1) is 0 Å². The van der Waals surface area contributed by atoms with Crippen molar-refractivity contribution < 1.29 is 19.8 Å². The van der Waals surface area contributed by atoms with Crippen LogP contribution >= 0.6 is 0 Å². The molecule has 0 aromatic carbocycles. The van der Waals surface area contributed by atoms with Gasteiger partial charge in [-0.3, -0.25) is 0 Å². The van der Waals surface area contributed by atoms with E-state index in [0.717, 1.165) is 40.8 Å². The number of hydrogen-bond acceptors (Lipinski definition) is 3. The van der Waals surface area contributed by atoms with Gasteiger partial charge >= 0.3 is 112 Å². The summed E-state index contributed by atoms with van der Waals surface area (Å²) in [5.41, 5.74) is 0. The predicted octanol–water partition coefficient (Wildman–Crippen LogP) is 3.83. The number of aliphatic hydroxyl groups excluding tert-OH is 1. The van der Waals surface area contributed by atoms with E-state index < -0.39 is 12.1 Å². The average Bonchev–Trinajstić information content (AvgIpc) is 2.45. The summed E-state index contributed by atoms with van der Waals surface area (Å²) < 4.78 is 0.482. The van der Waals surface area contributed by atoms with Crippen LogP contribution in [0.15, 0.2) is 0 Å². The Bertz CT molecular complexity index is 267. The van der Waals surface area contributed by atoms with Crippen LogP contribution in [-0.4, -0.2) is 53.2 Å². The first-order chi connectivity index (χ1) is 10.4. The first-order valence-electron chi connectivity index (χ1n) is 8.82. The van der Waals surface area contributed by atoms with Crippen molar-refractivity contribution in [3.63, 3.8) is 0 Å². The zero-order valence-electron chi connectivity index (χ0n) is 14.8. The molecule has 1 atom stereocenters. The molecule has 0 fully saturated rings. The van der Waals surface area contributed by atoms with Crippen LogP contribution in [-0.2, 0) is 9.59 Å². The molecule has 0 rings (SSSR count). The summed E-state index contributed by atoms with van der Waals surface area (Å²) in [6, 6.07) is 0. The van der Waals surface area contributed by atoms with E-state index in [1.54, 1.807) is 0 Å². The van der Waals surface area contributed by atoms with E-state index in [2.05, 4.69) is 6.92 Å². The van der Waals surface area contributed by atoms with Gasteiger partial charge in [0.2, 0.25) is 0 Å². The number of aliphatic hydroxyl groups is 1. The topological polar surface area (TPSA) is 74.6 Å². The third-order valence-electron chi connectivity index (χ3n) is 3.49. The van der Waals surface area contributed by atoms with Gasteiger partial charge in [0, 0.05) is 0 Å². The van der Waals surface area contributed by atoms with Gasteiger partial charge in [0.25, 0.3) is 0 Å². The van der Waals surface area contributed by atoms with Crippen LogP contribution in [0.4, 0.5) is 0 Å². The summed E-state index contributed by atoms with van der Waals surface area (Å²) in [5.74, 6) is -1.19. The minimum atomic E-state index is -1.23. The van der Waals surface area contributed by atoms with Crippen molar-refractivity contribution in [2.45, 2.75) is 97.0 Å². The molecule has 0 spiro atoms. The Morgan fingerprint density at radius 1 is 0.864 bits per heavy atom. The van der Waals surface area contributed by atoms with Crippen molar-refractivity contribution in [3.8, 4) is 0 Å². The summed E-state index contributed by atoms with van der Waals surface area (Å²) in [7, 11) is 0. The Morgan fingerprint density at radius 2 is 1.18 bits per heavy atom. The molecule has 0 saturated carbocycles. The molecule has 0 saturated heterocycles. The summed E-state index contributed by atoms with van der Waals surface area (Å²) in [5, 5.41) is 15.8. The normalized spacial score (nSPS) is 11.5. The number of carbonyl (C=O) groups excluding carboxylic acids is 1. The van der Waals surface area contributed by atoms with Crippen molar-refractivity contribution in [1.29, 1.82) is 0 Å². The summed E-state index contributed by atoms with van der Waals surface area (Å²) >= 11 is 0.751. The third-order valence-corrected chi connectivity index (χ3v) is 3.99. The van der Waals surface area contributed by atoms with Crippen molar-refractivity contribution in [1.82, 2.24) is 0 Å². The molecule has 22 heavy (non-hydrogen) atoms. The number of carbonyl (C=O) groups is 2. The molecule has 1 unspecified atom stereocenters. The Hall–Kier alpha value is 0.1000. The Labute approximate surface area is 153 Å². The van der Waals surface area contributed by atoms with Crippen LogP contribution in [0.2, 0.25) is 0 Å². The summed E-state index contributed by atoms with van der Waals surface area (Å²) in [6.45, 7) is 3.46. The van der Waals surface area contributed by atoms with Gasteiger partial charge in [0.1, 0.15) is 6.10 Å². The molecule has 0 aliphatic carbocycles. The number of rotatable bonds is 13. The SMILES string of the molecule is CC(O)C(=O)O.CCCCCCCCCCCCC[C](=O)[Na]. The molecular formula is C17H33NaO4. The fraction of sp³-hybridized carbons (Fsp3) is 0.882. The second kappa shape index (κ2) is 19.1. The summed E-state index contributed by atoms with van der Waals surface area (Å²) in [6.07, 6.45) is 14.6. The maximum atomic E-state index is 10.8. The molecule has 4 nitrogen and oxygen atoms in total. The van der Waals surface area contributed by atoms with E-state index in [0.29, 0.717) is 3.03 Å². The number of carboxylic acids is 1. The van der Waals surface area contributed by atoms with Gasteiger partial charge in [-0.25, -0.2) is 4.79 Å². The van der Waals surface area contributed by atoms with Gasteiger partial charge in [-0.2, -0.15) is 0 Å². The van der Waals surface area contributed by atoms with Crippen LogP contribution in [0.3, 0.4) is 0 Å². The zero-order chi connectivity index (χ0) is 17.2. The van der Waals surface area contributed by atoms with Crippen LogP contribution in [0.5, 0.6) is 0 Å². The van der Waals surface area contributed by atoms with Crippen molar-refractivity contribution in [3.05, 3.63) is 0 Å². The molecule has 126 valence electrons. The monoisotopic (exact) mass is 324 g/mol. The van der Waals surface area contributed by atoms with Crippen LogP contribution in [0, 0.1) is 0 Å². The first-order valence-corrected chi connectivity index (χ1v) is 9.82. The number of aliphatic carboxylic acids is 1. The van der Waals surface area contributed by atoms with E-state index in [4.69, 9.17) is 10.2 Å². The molecule has 0 aromatic rings. The van der Waals surface area contributed by atoms with Crippen LogP contribution in [0.1, 0.15) is 90.9 Å². The maximum absolute atomic E-state index is 10.8. The Balaban J connectivity index is 0. The predicted molar refractivity (Wildman–Crippen MR) is 91.2 cm³/mol. The van der Waals surface area contributed by atoms with Crippen molar-refractivity contribution in [2.75, 3.05) is 0 Å². The molecule has 0 heterocycles. The third kappa shape index (κ3) is 25.1. The van der Waals surface area contributed by atoms with Gasteiger partial charge < -0.3 is 10.2 Å². The molecule has 0 radical (unpaired) electrons. The van der Waals surface area contributed by atoms with E-state index in [-0.39, 0.29) is 0 Å². The van der Waals surface area contributed by atoms with Crippen molar-refractivity contribution >= 4 is 36.9 Å². The average molecular weight is 324 g/mol. The second-order valence-corrected chi connectivity index (χ2v) is 7.12. The van der Waals surface area contributed by atoms with E-state index in [1.165, 1.54) is 71.1 Å². The molecular weight excluding hydrogens is 291 g/mol. The molecule has 2 N–H and O–H groups in total. The van der Waals surface area contributed by atoms with E-state index >= 15 is 0 Å². The van der Waals surface area contributed by atoms with Gasteiger partial charge in [-0.05, 0) is 6.92 Å². The summed E-state index contributed by atoms with van der Waals surface area (Å²) in [4.78, 5) is 20.2. The zero-order valence-corrected chi connectivity index (χ0v) is 16.8. The van der Waals surface area contributed by atoms with Gasteiger partial charge in [0.15, 0.2) is 0 Å². The fourth-order valence-corrected chi connectivity index (χ4v) is 2.39. The number of unbranched alkanes of at least 4 members (excludes halogenated alkanes) is 10. The molecule has 0 amide bonds. The van der Waals surface area contributed by atoms with Crippen molar-refractivity contribution in [2.24, 2.45) is 0 Å².